The van der Waals surface area contributed by atoms with Crippen molar-refractivity contribution in [1.82, 2.24) is 0 Å². The fourth-order valence-corrected chi connectivity index (χ4v) is 3.77. The topological polar surface area (TPSA) is 27.7 Å². The van der Waals surface area contributed by atoms with E-state index in [-0.39, 0.29) is 23.7 Å². The second-order valence-electron chi connectivity index (χ2n) is 8.25. The van der Waals surface area contributed by atoms with Crippen molar-refractivity contribution >= 4 is 0 Å². The third kappa shape index (κ3) is 6.33. The third-order valence-electron chi connectivity index (χ3n) is 5.72. The van der Waals surface area contributed by atoms with E-state index in [0.29, 0.717) is 36.5 Å². The molecule has 0 spiro atoms. The molecule has 0 aliphatic heterocycles. The minimum absolute atomic E-state index is 0.0451. The summed E-state index contributed by atoms with van der Waals surface area (Å²) in [4.78, 5) is 0. The van der Waals surface area contributed by atoms with E-state index >= 15 is 0 Å². The van der Waals surface area contributed by atoms with Crippen molar-refractivity contribution in [2.75, 3.05) is 13.2 Å². The molecule has 0 saturated heterocycles. The van der Waals surface area contributed by atoms with Gasteiger partial charge < -0.3 is 14.2 Å². The Hall–Kier alpha value is -4.19. The van der Waals surface area contributed by atoms with Gasteiger partial charge in [0.15, 0.2) is 23.1 Å². The number of ether oxygens (including phenoxy) is 3. The zero-order valence-electron chi connectivity index (χ0n) is 20.5. The summed E-state index contributed by atoms with van der Waals surface area (Å²) in [5.74, 6) is -1.79. The monoisotopic (exact) mass is 504 g/mol. The van der Waals surface area contributed by atoms with Crippen LogP contribution in [0.2, 0.25) is 0 Å². The fourth-order valence-electron chi connectivity index (χ4n) is 3.77. The van der Waals surface area contributed by atoms with Crippen molar-refractivity contribution in [2.45, 2.75) is 20.0 Å². The molecule has 0 fully saturated rings. The minimum Gasteiger partial charge on any atom is -0.494 e. The summed E-state index contributed by atoms with van der Waals surface area (Å²) in [5.41, 5.74) is 2.93. The lowest BCUT2D eigenvalue weighted by Crippen LogP contribution is -2.00. The van der Waals surface area contributed by atoms with Gasteiger partial charge in [-0.2, -0.15) is 4.39 Å². The van der Waals surface area contributed by atoms with Gasteiger partial charge in [-0.1, -0.05) is 48.5 Å². The van der Waals surface area contributed by atoms with Crippen LogP contribution in [0.3, 0.4) is 0 Å². The summed E-state index contributed by atoms with van der Waals surface area (Å²) in [6, 6.07) is 21.7. The highest BCUT2D eigenvalue weighted by atomic mass is 19.2. The molecule has 3 nitrogen and oxygen atoms in total. The first-order chi connectivity index (χ1) is 18.0. The second-order valence-corrected chi connectivity index (χ2v) is 8.25. The third-order valence-corrected chi connectivity index (χ3v) is 5.72. The van der Waals surface area contributed by atoms with Crippen LogP contribution in [0, 0.1) is 17.5 Å². The van der Waals surface area contributed by atoms with E-state index < -0.39 is 17.5 Å². The zero-order valence-corrected chi connectivity index (χ0v) is 20.5. The van der Waals surface area contributed by atoms with Crippen LogP contribution in [-0.4, -0.2) is 13.2 Å². The predicted octanol–water partition coefficient (Wildman–Crippen LogP) is 8.37. The van der Waals surface area contributed by atoms with Crippen LogP contribution in [-0.2, 0) is 6.61 Å². The molecule has 0 radical (unpaired) electrons. The minimum atomic E-state index is -1.05. The van der Waals surface area contributed by atoms with Gasteiger partial charge in [-0.25, -0.2) is 8.78 Å². The van der Waals surface area contributed by atoms with Gasteiger partial charge in [0, 0.05) is 5.56 Å². The summed E-state index contributed by atoms with van der Waals surface area (Å²) < 4.78 is 60.2. The number of halogens is 3. The molecule has 0 unspecified atom stereocenters. The van der Waals surface area contributed by atoms with Crippen LogP contribution in [0.4, 0.5) is 13.2 Å². The Balaban J connectivity index is 1.41. The first kappa shape index (κ1) is 25.9. The van der Waals surface area contributed by atoms with E-state index in [1.165, 1.54) is 18.2 Å². The van der Waals surface area contributed by atoms with Gasteiger partial charge in [0.25, 0.3) is 0 Å². The SMILES string of the molecule is C=CCCOc1ccc(-c2ccc(COc3ccc(-c4ccc(OCC)cc4)c(F)c3F)cc2)cc1F. The highest BCUT2D eigenvalue weighted by molar-refractivity contribution is 5.66. The number of benzene rings is 4. The lowest BCUT2D eigenvalue weighted by molar-refractivity contribution is 0.285. The van der Waals surface area contributed by atoms with E-state index in [4.69, 9.17) is 14.2 Å². The lowest BCUT2D eigenvalue weighted by atomic mass is 10.0. The second kappa shape index (κ2) is 12.2. The zero-order chi connectivity index (χ0) is 26.2. The highest BCUT2D eigenvalue weighted by Gasteiger charge is 2.16. The quantitative estimate of drug-likeness (QED) is 0.152. The van der Waals surface area contributed by atoms with Crippen molar-refractivity contribution in [1.29, 1.82) is 0 Å². The Kier molecular flexibility index (Phi) is 8.52. The van der Waals surface area contributed by atoms with E-state index in [2.05, 4.69) is 6.58 Å². The summed E-state index contributed by atoms with van der Waals surface area (Å²) in [6.07, 6.45) is 2.34. The van der Waals surface area contributed by atoms with Crippen molar-refractivity contribution in [3.05, 3.63) is 115 Å². The van der Waals surface area contributed by atoms with E-state index in [9.17, 15) is 13.2 Å². The molecule has 0 heterocycles. The highest BCUT2D eigenvalue weighted by Crippen LogP contribution is 2.32. The fraction of sp³-hybridized carbons (Fsp3) is 0.161. The molecule has 6 heteroatoms. The molecule has 0 aliphatic rings. The normalized spacial score (nSPS) is 10.7. The molecule has 0 atom stereocenters. The Bertz CT molecular complexity index is 1350. The molecule has 0 aromatic heterocycles. The molecular weight excluding hydrogens is 477 g/mol. The molecular formula is C31H27F3O3. The van der Waals surface area contributed by atoms with Crippen LogP contribution >= 0.6 is 0 Å². The van der Waals surface area contributed by atoms with Crippen LogP contribution in [0.25, 0.3) is 22.3 Å². The largest absolute Gasteiger partial charge is 0.494 e. The van der Waals surface area contributed by atoms with Crippen LogP contribution in [0.5, 0.6) is 17.2 Å². The average Bonchev–Trinajstić information content (AvgIpc) is 2.92. The van der Waals surface area contributed by atoms with Gasteiger partial charge in [-0.3, -0.25) is 0 Å². The molecule has 0 bridgehead atoms. The average molecular weight is 505 g/mol. The van der Waals surface area contributed by atoms with E-state index in [0.717, 1.165) is 11.1 Å². The summed E-state index contributed by atoms with van der Waals surface area (Å²) >= 11 is 0. The van der Waals surface area contributed by atoms with Gasteiger partial charge in [0.2, 0.25) is 5.82 Å². The van der Waals surface area contributed by atoms with Crippen LogP contribution in [0.1, 0.15) is 18.9 Å². The van der Waals surface area contributed by atoms with Gasteiger partial charge in [0.1, 0.15) is 12.4 Å². The van der Waals surface area contributed by atoms with E-state index in [1.54, 1.807) is 54.6 Å². The number of hydrogen-bond acceptors (Lipinski definition) is 3. The summed E-state index contributed by atoms with van der Waals surface area (Å²) in [7, 11) is 0. The maximum atomic E-state index is 14.8. The molecule has 0 amide bonds. The van der Waals surface area contributed by atoms with Crippen LogP contribution in [0.15, 0.2) is 91.5 Å². The van der Waals surface area contributed by atoms with Gasteiger partial charge in [-0.15, -0.1) is 6.58 Å². The first-order valence-corrected chi connectivity index (χ1v) is 12.0. The Labute approximate surface area is 214 Å². The Morgan fingerprint density at radius 3 is 2.05 bits per heavy atom. The van der Waals surface area contributed by atoms with Crippen LogP contribution < -0.4 is 14.2 Å². The van der Waals surface area contributed by atoms with Crippen molar-refractivity contribution in [3.63, 3.8) is 0 Å². The predicted molar refractivity (Wildman–Crippen MR) is 139 cm³/mol. The van der Waals surface area contributed by atoms with Crippen molar-refractivity contribution in [2.24, 2.45) is 0 Å². The van der Waals surface area contributed by atoms with Gasteiger partial charge in [0.05, 0.1) is 13.2 Å². The maximum absolute atomic E-state index is 14.8. The molecule has 0 aliphatic carbocycles. The smallest absolute Gasteiger partial charge is 0.201 e. The summed E-state index contributed by atoms with van der Waals surface area (Å²) in [6.45, 7) is 6.42. The number of rotatable bonds is 11. The first-order valence-electron chi connectivity index (χ1n) is 12.0. The molecule has 0 saturated carbocycles. The Morgan fingerprint density at radius 2 is 1.38 bits per heavy atom. The molecule has 190 valence electrons. The van der Waals surface area contributed by atoms with Crippen molar-refractivity contribution in [3.8, 4) is 39.5 Å². The van der Waals surface area contributed by atoms with E-state index in [1.807, 2.05) is 19.1 Å². The van der Waals surface area contributed by atoms with Crippen molar-refractivity contribution < 1.29 is 27.4 Å². The summed E-state index contributed by atoms with van der Waals surface area (Å²) in [5, 5.41) is 0. The molecule has 0 N–H and O–H groups in total. The maximum Gasteiger partial charge on any atom is 0.201 e. The molecule has 37 heavy (non-hydrogen) atoms. The standard InChI is InChI=1S/C31H27F3O3/c1-3-5-18-36-28-16-12-24(19-27(28)32)22-8-6-21(7-9-22)20-37-29-17-15-26(30(33)31(29)34)23-10-13-25(14-11-23)35-4-2/h3,6-17,19H,1,4-5,18,20H2,2H3. The molecule has 4 aromatic carbocycles. The molecule has 4 aromatic rings. The van der Waals surface area contributed by atoms with Gasteiger partial charge in [-0.05, 0) is 72.0 Å². The Morgan fingerprint density at radius 1 is 0.703 bits per heavy atom. The lowest BCUT2D eigenvalue weighted by Gasteiger charge is -2.12. The van der Waals surface area contributed by atoms with Gasteiger partial charge >= 0.3 is 0 Å². The number of hydrogen-bond donors (Lipinski definition) is 0. The molecule has 4 rings (SSSR count).